The Bertz CT molecular complexity index is 1440. The first-order valence-electron chi connectivity index (χ1n) is 11.4. The maximum atomic E-state index is 13.6. The summed E-state index contributed by atoms with van der Waals surface area (Å²) in [5.41, 5.74) is 6.80. The molecule has 1 aromatic heterocycles. The maximum absolute atomic E-state index is 13.6. The van der Waals surface area contributed by atoms with Crippen LogP contribution in [0.25, 0.3) is 11.3 Å². The molecule has 3 aromatic carbocycles. The Hall–Kier alpha value is -4.26. The Balaban J connectivity index is 1.70. The lowest BCUT2D eigenvalue weighted by Crippen LogP contribution is -2.29. The van der Waals surface area contributed by atoms with Crippen molar-refractivity contribution in [3.05, 3.63) is 93.7 Å². The number of phenols is 2. The maximum Gasteiger partial charge on any atom is 0.273 e. The molecule has 0 saturated carbocycles. The number of aromatic hydroxyl groups is 2. The molecule has 1 atom stereocenters. The first kappa shape index (κ1) is 22.5. The van der Waals surface area contributed by atoms with Crippen LogP contribution in [0, 0.1) is 20.8 Å². The molecule has 1 aliphatic heterocycles. The molecule has 5 rings (SSSR count). The summed E-state index contributed by atoms with van der Waals surface area (Å²) < 4.78 is 5.36. The number of hydrogen-bond acceptors (Lipinski definition) is 5. The quantitative estimate of drug-likeness (QED) is 0.375. The Labute approximate surface area is 203 Å². The molecular weight excluding hydrogens is 442 g/mol. The fraction of sp³-hybridized carbons (Fsp3) is 0.214. The number of benzene rings is 3. The number of nitrogens with zero attached hydrogens (tertiary/aromatic N) is 2. The van der Waals surface area contributed by atoms with Gasteiger partial charge in [-0.3, -0.25) is 9.89 Å². The molecule has 178 valence electrons. The predicted molar refractivity (Wildman–Crippen MR) is 133 cm³/mol. The lowest BCUT2D eigenvalue weighted by molar-refractivity contribution is 0.0730. The van der Waals surface area contributed by atoms with E-state index >= 15 is 0 Å². The number of aryl methyl sites for hydroxylation is 3. The van der Waals surface area contributed by atoms with Crippen molar-refractivity contribution in [2.45, 2.75) is 33.4 Å². The van der Waals surface area contributed by atoms with Gasteiger partial charge in [0.15, 0.2) is 11.5 Å². The van der Waals surface area contributed by atoms with E-state index < -0.39 is 6.04 Å². The van der Waals surface area contributed by atoms with Gasteiger partial charge in [0.2, 0.25) is 0 Å². The average molecular weight is 470 g/mol. The van der Waals surface area contributed by atoms with Gasteiger partial charge in [0, 0.05) is 17.7 Å². The second-order valence-electron chi connectivity index (χ2n) is 9.09. The molecule has 7 heteroatoms. The van der Waals surface area contributed by atoms with Crippen molar-refractivity contribution < 1.29 is 19.7 Å². The second kappa shape index (κ2) is 8.51. The SMILES string of the molecule is COc1cc(C2c3c(-c4cc(C)cc(C)c4O)n[nH]c3C(=O)N2Cc2ccc(C)cc2)ccc1O. The molecule has 0 radical (unpaired) electrons. The van der Waals surface area contributed by atoms with Gasteiger partial charge in [-0.2, -0.15) is 5.10 Å². The minimum atomic E-state index is -0.498. The Kier molecular flexibility index (Phi) is 5.47. The molecule has 0 saturated heterocycles. The van der Waals surface area contributed by atoms with Crippen LogP contribution in [0.3, 0.4) is 0 Å². The topological polar surface area (TPSA) is 98.7 Å². The number of carbonyl (C=O) groups excluding carboxylic acids is 1. The van der Waals surface area contributed by atoms with Gasteiger partial charge < -0.3 is 19.8 Å². The number of fused-ring (bicyclic) bond motifs is 1. The third-order valence-electron chi connectivity index (χ3n) is 6.56. The number of phenolic OH excluding ortho intramolecular Hbond substituents is 2. The lowest BCUT2D eigenvalue weighted by atomic mass is 9.93. The van der Waals surface area contributed by atoms with Crippen LogP contribution >= 0.6 is 0 Å². The standard InChI is InChI=1S/C28H27N3O4/c1-15-5-7-18(8-6-15)14-31-26(19-9-10-21(32)22(13-19)35-4)23-24(29-30-25(23)28(31)34)20-12-16(2)11-17(3)27(20)33/h5-13,26,32-33H,14H2,1-4H3,(H,29,30). The zero-order valence-electron chi connectivity index (χ0n) is 20.1. The van der Waals surface area contributed by atoms with Gasteiger partial charge in [0.1, 0.15) is 17.1 Å². The van der Waals surface area contributed by atoms with E-state index in [1.54, 1.807) is 23.1 Å². The minimum absolute atomic E-state index is 0.0188. The Morgan fingerprint density at radius 3 is 2.46 bits per heavy atom. The fourth-order valence-electron chi connectivity index (χ4n) is 4.81. The molecule has 0 bridgehead atoms. The molecule has 3 N–H and O–H groups in total. The first-order chi connectivity index (χ1) is 16.8. The summed E-state index contributed by atoms with van der Waals surface area (Å²) in [5, 5.41) is 28.5. The molecule has 0 aliphatic carbocycles. The van der Waals surface area contributed by atoms with E-state index in [0.717, 1.165) is 27.8 Å². The number of aromatic amines is 1. The number of amides is 1. The zero-order valence-corrected chi connectivity index (χ0v) is 20.1. The van der Waals surface area contributed by atoms with Crippen LogP contribution in [-0.4, -0.2) is 38.3 Å². The second-order valence-corrected chi connectivity index (χ2v) is 9.09. The number of H-pyrrole nitrogens is 1. The van der Waals surface area contributed by atoms with Crippen molar-refractivity contribution in [2.75, 3.05) is 7.11 Å². The minimum Gasteiger partial charge on any atom is -0.507 e. The molecule has 1 aliphatic rings. The molecule has 2 heterocycles. The molecule has 1 unspecified atom stereocenters. The van der Waals surface area contributed by atoms with Gasteiger partial charge >= 0.3 is 0 Å². The van der Waals surface area contributed by atoms with E-state index in [0.29, 0.717) is 34.8 Å². The number of ether oxygens (including phenoxy) is 1. The summed E-state index contributed by atoms with van der Waals surface area (Å²) in [4.78, 5) is 15.4. The van der Waals surface area contributed by atoms with Crippen LogP contribution in [0.2, 0.25) is 0 Å². The first-order valence-corrected chi connectivity index (χ1v) is 11.4. The number of nitrogens with one attached hydrogen (secondary N) is 1. The van der Waals surface area contributed by atoms with Crippen molar-refractivity contribution in [2.24, 2.45) is 0 Å². The summed E-state index contributed by atoms with van der Waals surface area (Å²) in [6.07, 6.45) is 0. The Morgan fingerprint density at radius 1 is 1.00 bits per heavy atom. The summed E-state index contributed by atoms with van der Waals surface area (Å²) in [7, 11) is 1.49. The molecule has 1 amide bonds. The predicted octanol–water partition coefficient (Wildman–Crippen LogP) is 5.17. The normalized spacial score (nSPS) is 14.9. The van der Waals surface area contributed by atoms with Crippen molar-refractivity contribution in [1.29, 1.82) is 0 Å². The molecule has 7 nitrogen and oxygen atoms in total. The van der Waals surface area contributed by atoms with Gasteiger partial charge in [-0.05, 0) is 61.2 Å². The van der Waals surface area contributed by atoms with E-state index in [1.807, 2.05) is 57.2 Å². The fourth-order valence-corrected chi connectivity index (χ4v) is 4.81. The number of carbonyl (C=O) groups is 1. The van der Waals surface area contributed by atoms with Gasteiger partial charge in [-0.1, -0.05) is 42.0 Å². The van der Waals surface area contributed by atoms with Crippen molar-refractivity contribution >= 4 is 5.91 Å². The summed E-state index contributed by atoms with van der Waals surface area (Å²) >= 11 is 0. The number of aromatic nitrogens is 2. The zero-order chi connectivity index (χ0) is 24.9. The van der Waals surface area contributed by atoms with Gasteiger partial charge in [0.05, 0.1) is 13.2 Å². The summed E-state index contributed by atoms with van der Waals surface area (Å²) in [6.45, 7) is 6.21. The number of methoxy groups -OCH3 is 1. The van der Waals surface area contributed by atoms with E-state index in [4.69, 9.17) is 4.74 Å². The van der Waals surface area contributed by atoms with Crippen LogP contribution in [0.1, 0.15) is 49.9 Å². The molecule has 35 heavy (non-hydrogen) atoms. The summed E-state index contributed by atoms with van der Waals surface area (Å²) in [5.74, 6) is 0.292. The average Bonchev–Trinajstić information content (AvgIpc) is 3.37. The van der Waals surface area contributed by atoms with E-state index in [-0.39, 0.29) is 17.4 Å². The molecule has 0 fully saturated rings. The molecular formula is C28H27N3O4. The van der Waals surface area contributed by atoms with Crippen LogP contribution in [0.4, 0.5) is 0 Å². The number of hydrogen-bond donors (Lipinski definition) is 3. The third kappa shape index (κ3) is 3.79. The lowest BCUT2D eigenvalue weighted by Gasteiger charge is -2.27. The molecule has 4 aromatic rings. The largest absolute Gasteiger partial charge is 0.507 e. The van der Waals surface area contributed by atoms with Crippen LogP contribution in [-0.2, 0) is 6.54 Å². The van der Waals surface area contributed by atoms with E-state index in [2.05, 4.69) is 10.2 Å². The summed E-state index contributed by atoms with van der Waals surface area (Å²) in [6, 6.07) is 16.4. The van der Waals surface area contributed by atoms with E-state index in [9.17, 15) is 15.0 Å². The highest BCUT2D eigenvalue weighted by molar-refractivity contribution is 6.00. The van der Waals surface area contributed by atoms with Crippen LogP contribution in [0.5, 0.6) is 17.2 Å². The van der Waals surface area contributed by atoms with Gasteiger partial charge in [0.25, 0.3) is 5.91 Å². The molecule has 0 spiro atoms. The number of rotatable bonds is 5. The smallest absolute Gasteiger partial charge is 0.273 e. The van der Waals surface area contributed by atoms with E-state index in [1.165, 1.54) is 7.11 Å². The van der Waals surface area contributed by atoms with Gasteiger partial charge in [-0.25, -0.2) is 0 Å². The van der Waals surface area contributed by atoms with Crippen LogP contribution < -0.4 is 4.74 Å². The van der Waals surface area contributed by atoms with Gasteiger partial charge in [-0.15, -0.1) is 0 Å². The third-order valence-corrected chi connectivity index (χ3v) is 6.56. The van der Waals surface area contributed by atoms with Crippen molar-refractivity contribution in [1.82, 2.24) is 15.1 Å². The van der Waals surface area contributed by atoms with Crippen LogP contribution in [0.15, 0.2) is 54.6 Å². The highest BCUT2D eigenvalue weighted by Gasteiger charge is 2.42. The van der Waals surface area contributed by atoms with Crippen molar-refractivity contribution in [3.8, 4) is 28.5 Å². The Morgan fingerprint density at radius 2 is 1.74 bits per heavy atom. The highest BCUT2D eigenvalue weighted by atomic mass is 16.5. The van der Waals surface area contributed by atoms with Crippen molar-refractivity contribution in [3.63, 3.8) is 0 Å². The highest BCUT2D eigenvalue weighted by Crippen LogP contribution is 2.47. The monoisotopic (exact) mass is 469 g/mol.